The van der Waals surface area contributed by atoms with Crippen molar-refractivity contribution < 1.29 is 51.8 Å². The number of H-pyrrole nitrogens is 2. The highest BCUT2D eigenvalue weighted by molar-refractivity contribution is 7.53. The third kappa shape index (κ3) is 5.34. The Balaban J connectivity index is 1.18. The van der Waals surface area contributed by atoms with Gasteiger partial charge in [-0.3, -0.25) is 42.3 Å². The first-order chi connectivity index (χ1) is 21.7. The Bertz CT molecular complexity index is 1900. The van der Waals surface area contributed by atoms with Gasteiger partial charge in [0.2, 0.25) is 11.9 Å². The Morgan fingerprint density at radius 2 is 1.30 bits per heavy atom. The molecule has 7 heterocycles. The average molecular weight is 687 g/mol. The van der Waals surface area contributed by atoms with Gasteiger partial charge in [0.05, 0.1) is 25.9 Å². The molecule has 0 saturated carbocycles. The van der Waals surface area contributed by atoms with Crippen molar-refractivity contribution in [1.82, 2.24) is 39.0 Å². The Hall–Kier alpha value is -3.60. The number of phosphoric acid groups is 1. The Morgan fingerprint density at radius 3 is 1.80 bits per heavy atom. The van der Waals surface area contributed by atoms with Crippen LogP contribution in [-0.2, 0) is 36.7 Å². The number of fused-ring (bicyclic) bond motifs is 4. The monoisotopic (exact) mass is 687 g/mol. The van der Waals surface area contributed by atoms with E-state index in [4.69, 9.17) is 39.0 Å². The van der Waals surface area contributed by atoms with E-state index in [1.807, 2.05) is 0 Å². The minimum atomic E-state index is -5.29. The molecule has 0 radical (unpaired) electrons. The van der Waals surface area contributed by atoms with Gasteiger partial charge in [-0.25, -0.2) is 9.97 Å². The van der Waals surface area contributed by atoms with Crippen LogP contribution in [0.15, 0.2) is 22.2 Å². The van der Waals surface area contributed by atoms with Gasteiger partial charge in [-0.05, 0) is 0 Å². The van der Waals surface area contributed by atoms with Crippen LogP contribution in [0.25, 0.3) is 22.3 Å². The summed E-state index contributed by atoms with van der Waals surface area (Å²) in [7, 11) is -9.40. The molecule has 0 amide bonds. The first-order valence-corrected chi connectivity index (χ1v) is 16.8. The number of rotatable bonds is 2. The van der Waals surface area contributed by atoms with Gasteiger partial charge in [0, 0.05) is 6.66 Å². The van der Waals surface area contributed by atoms with E-state index >= 15 is 0 Å². The number of hydrogen-bond acceptors (Lipinski definition) is 19. The average Bonchev–Trinajstić information content (AvgIpc) is 3.72. The largest absolute Gasteiger partial charge is 0.756 e. The third-order valence-corrected chi connectivity index (χ3v) is 9.71. The zero-order valence-corrected chi connectivity index (χ0v) is 25.1. The van der Waals surface area contributed by atoms with E-state index in [2.05, 4.69) is 29.9 Å². The van der Waals surface area contributed by atoms with Gasteiger partial charge in [-0.1, -0.05) is 0 Å². The fourth-order valence-corrected chi connectivity index (χ4v) is 7.62. The summed E-state index contributed by atoms with van der Waals surface area (Å²) in [5.74, 6) is -0.506. The quantitative estimate of drug-likeness (QED) is 0.115. The van der Waals surface area contributed by atoms with Crippen LogP contribution in [0, 0.1) is 0 Å². The van der Waals surface area contributed by atoms with Gasteiger partial charge in [-0.15, -0.1) is 0 Å². The molecule has 0 aliphatic carbocycles. The normalized spacial score (nSPS) is 37.1. The van der Waals surface area contributed by atoms with Crippen molar-refractivity contribution in [3.05, 3.63) is 33.4 Å². The summed E-state index contributed by atoms with van der Waals surface area (Å²) in [5, 5.41) is 22.4. The second-order valence-electron chi connectivity index (χ2n) is 10.6. The molecule has 10 atom stereocenters. The van der Waals surface area contributed by atoms with E-state index in [0.29, 0.717) is 0 Å². The number of imidazole rings is 2. The van der Waals surface area contributed by atoms with Crippen LogP contribution in [0.5, 0.6) is 0 Å². The number of nitrogens with zero attached hydrogens (tertiary/aromatic N) is 6. The summed E-state index contributed by atoms with van der Waals surface area (Å²) >= 11 is 0. The second kappa shape index (κ2) is 11.0. The van der Waals surface area contributed by atoms with Crippen molar-refractivity contribution in [2.75, 3.05) is 31.3 Å². The number of hydrogen-bond donors (Lipinski definition) is 6. The summed E-state index contributed by atoms with van der Waals surface area (Å²) in [6.07, 6.45) is -9.97. The summed E-state index contributed by atoms with van der Waals surface area (Å²) in [5.41, 5.74) is 9.53. The molecule has 3 aliphatic rings. The molecule has 46 heavy (non-hydrogen) atoms. The molecule has 4 aromatic heterocycles. The van der Waals surface area contributed by atoms with Crippen LogP contribution in [0.2, 0.25) is 0 Å². The van der Waals surface area contributed by atoms with Crippen molar-refractivity contribution in [2.45, 2.75) is 49.1 Å². The highest BCUT2D eigenvalue weighted by atomic mass is 31.2. The summed E-state index contributed by atoms with van der Waals surface area (Å²) in [6.45, 7) is -0.382. The van der Waals surface area contributed by atoms with Crippen molar-refractivity contribution in [3.8, 4) is 0 Å². The highest BCUT2D eigenvalue weighted by Gasteiger charge is 2.52. The molecule has 7 rings (SSSR count). The number of phosphoric ester groups is 1. The predicted octanol–water partition coefficient (Wildman–Crippen LogP) is -2.96. The first-order valence-electron chi connectivity index (χ1n) is 13.4. The van der Waals surface area contributed by atoms with Gasteiger partial charge in [0.1, 0.15) is 36.6 Å². The third-order valence-electron chi connectivity index (χ3n) is 7.50. The minimum absolute atomic E-state index is 0.0704. The number of nitrogen functional groups attached to an aromatic ring is 2. The molecule has 23 nitrogen and oxygen atoms in total. The topological polar surface area (TPSA) is 332 Å². The number of aliphatic hydroxyl groups is 2. The van der Waals surface area contributed by atoms with Crippen LogP contribution in [0.3, 0.4) is 0 Å². The van der Waals surface area contributed by atoms with Crippen molar-refractivity contribution in [1.29, 1.82) is 0 Å². The summed E-state index contributed by atoms with van der Waals surface area (Å²) in [6, 6.07) is 0. The lowest BCUT2D eigenvalue weighted by molar-refractivity contribution is -0.236. The van der Waals surface area contributed by atoms with E-state index in [-0.39, 0.29) is 34.2 Å². The molecule has 3 aliphatic heterocycles. The molecule has 0 bridgehead atoms. The van der Waals surface area contributed by atoms with E-state index in [1.54, 1.807) is 0 Å². The summed E-state index contributed by atoms with van der Waals surface area (Å²) < 4.78 is 62.0. The lowest BCUT2D eigenvalue weighted by Crippen LogP contribution is -2.40. The van der Waals surface area contributed by atoms with Crippen LogP contribution in [0.1, 0.15) is 12.5 Å². The van der Waals surface area contributed by atoms with E-state index in [1.165, 1.54) is 4.57 Å². The molecular formula is C21H25N10O13P2-. The molecule has 25 heteroatoms. The maximum atomic E-state index is 13.5. The number of nitrogens with two attached hydrogens (primary N) is 2. The fraction of sp³-hybridized carbons (Fsp3) is 0.524. The maximum absolute atomic E-state index is 13.5. The van der Waals surface area contributed by atoms with Crippen molar-refractivity contribution in [2.24, 2.45) is 0 Å². The van der Waals surface area contributed by atoms with Gasteiger partial charge < -0.3 is 49.6 Å². The Kier molecular flexibility index (Phi) is 7.41. The van der Waals surface area contributed by atoms with Crippen molar-refractivity contribution in [3.63, 3.8) is 0 Å². The number of aliphatic hydroxyl groups excluding tert-OH is 2. The van der Waals surface area contributed by atoms with Crippen LogP contribution < -0.4 is 27.5 Å². The van der Waals surface area contributed by atoms with Crippen molar-refractivity contribution >= 4 is 49.6 Å². The standard InChI is InChI=1S/C21H26N10O13P2/c1-45(36)39-2-6-13(11(33)19(41-6)31-5-25-9-15(31)27-21(23)29-17(9)35)44-46(37,38)40-3-7-12(43-45)10(32)18(42-7)30-4-24-8-14(30)26-20(22)28-16(8)34/h4-7,10-13,18-19,32-33H,2-3H2,1H3,(H,37,38)(H3,22,26,28,34)(H3,23,27,29,35)/p-1/t6-,7-,10?,11?,12+,13+,18-,19-,45?/m1/s1. The lowest BCUT2D eigenvalue weighted by Gasteiger charge is -2.32. The molecule has 4 unspecified atom stereocenters. The zero-order valence-electron chi connectivity index (χ0n) is 23.3. The smallest absolute Gasteiger partial charge is 0.328 e. The predicted molar refractivity (Wildman–Crippen MR) is 148 cm³/mol. The van der Waals surface area contributed by atoms with E-state index in [9.17, 15) is 33.8 Å². The highest BCUT2D eigenvalue weighted by Crippen LogP contribution is 2.52. The molecule has 248 valence electrons. The number of anilines is 2. The molecule has 3 saturated heterocycles. The van der Waals surface area contributed by atoms with Gasteiger partial charge in [-0.2, -0.15) is 9.97 Å². The molecule has 0 spiro atoms. The van der Waals surface area contributed by atoms with Crippen LogP contribution in [0.4, 0.5) is 11.9 Å². The van der Waals surface area contributed by atoms with Gasteiger partial charge in [0.25, 0.3) is 18.9 Å². The van der Waals surface area contributed by atoms with E-state index < -0.39 is 88.8 Å². The Morgan fingerprint density at radius 1 is 0.848 bits per heavy atom. The van der Waals surface area contributed by atoms with Gasteiger partial charge in [0.15, 0.2) is 34.8 Å². The lowest BCUT2D eigenvalue weighted by atomic mass is 10.1. The zero-order chi connectivity index (χ0) is 32.7. The van der Waals surface area contributed by atoms with E-state index in [0.717, 1.165) is 23.9 Å². The summed E-state index contributed by atoms with van der Waals surface area (Å²) in [4.78, 5) is 58.0. The van der Waals surface area contributed by atoms with Gasteiger partial charge >= 0.3 is 7.60 Å². The SMILES string of the molecule is CP1(=O)OC[C@H]2O[C@@H](n3cnc4c(=O)[nH]c(N)nc43)C(O)[C@H]2OP(=O)([O-])OC[C@H]2O[C@@H](n3cnc4c(=O)[nH]c(N)nc43)C(O)[C@H]2O1. The molecule has 8 N–H and O–H groups in total. The number of aromatic nitrogens is 8. The second-order valence-corrected chi connectivity index (χ2v) is 14.0. The number of ether oxygens (including phenoxy) is 2. The number of nitrogens with one attached hydrogen (secondary N) is 2. The van der Waals surface area contributed by atoms with Crippen LogP contribution >= 0.6 is 15.4 Å². The molecular weight excluding hydrogens is 662 g/mol. The molecule has 4 aromatic rings. The minimum Gasteiger partial charge on any atom is -0.756 e. The molecule has 3 fully saturated rings. The first kappa shape index (κ1) is 31.0. The Labute approximate surface area is 254 Å². The number of aromatic amines is 2. The van der Waals surface area contributed by atoms with Crippen LogP contribution in [-0.4, -0.2) is 106 Å². The fourth-order valence-electron chi connectivity index (χ4n) is 5.49. The maximum Gasteiger partial charge on any atom is 0.328 e. The molecule has 0 aromatic carbocycles.